The number of rotatable bonds is 7. The zero-order valence-corrected chi connectivity index (χ0v) is 12.3. The molecule has 1 aliphatic rings. The summed E-state index contributed by atoms with van der Waals surface area (Å²) in [5.74, 6) is -7.15. The van der Waals surface area contributed by atoms with Gasteiger partial charge in [0, 0.05) is 13.1 Å². The topological polar surface area (TPSA) is 71.1 Å². The second-order valence-electron chi connectivity index (χ2n) is 5.09. The molecule has 1 saturated carbocycles. The van der Waals surface area contributed by atoms with Crippen LogP contribution in [0.5, 0.6) is 0 Å². The van der Waals surface area contributed by atoms with Crippen molar-refractivity contribution in [1.82, 2.24) is 9.71 Å². The molecule has 0 aliphatic heterocycles. The van der Waals surface area contributed by atoms with Gasteiger partial charge in [0.25, 0.3) is 11.9 Å². The highest BCUT2D eigenvalue weighted by Gasteiger charge is 2.22. The van der Waals surface area contributed by atoms with E-state index in [9.17, 15) is 26.0 Å². The van der Waals surface area contributed by atoms with E-state index in [4.69, 9.17) is 0 Å². The quantitative estimate of drug-likeness (QED) is 0.586. The summed E-state index contributed by atoms with van der Waals surface area (Å²) in [6.45, 7) is -0.0830. The van der Waals surface area contributed by atoms with Crippen molar-refractivity contribution in [3.63, 3.8) is 0 Å². The molecule has 0 radical (unpaired) electrons. The van der Waals surface area contributed by atoms with Gasteiger partial charge in [0.1, 0.15) is 5.69 Å². The Morgan fingerprint density at radius 3 is 2.18 bits per heavy atom. The number of sulfonamides is 1. The Bertz CT molecular complexity index is 624. The smallest absolute Gasteiger partial charge is 0.253 e. The van der Waals surface area contributed by atoms with E-state index in [-0.39, 0.29) is 0 Å². The lowest BCUT2D eigenvalue weighted by Crippen LogP contribution is -2.35. The lowest BCUT2D eigenvalue weighted by molar-refractivity contribution is 0.316. The van der Waals surface area contributed by atoms with Crippen molar-refractivity contribution in [2.45, 2.75) is 19.3 Å². The number of aromatic nitrogens is 1. The van der Waals surface area contributed by atoms with Crippen LogP contribution in [-0.4, -0.2) is 32.2 Å². The van der Waals surface area contributed by atoms with Gasteiger partial charge in [0.05, 0.1) is 5.75 Å². The van der Waals surface area contributed by atoms with Crippen molar-refractivity contribution >= 4 is 15.7 Å². The van der Waals surface area contributed by atoms with E-state index in [1.165, 1.54) is 0 Å². The van der Waals surface area contributed by atoms with Gasteiger partial charge in [0.15, 0.2) is 0 Å². The molecule has 1 heterocycles. The van der Waals surface area contributed by atoms with Gasteiger partial charge in [-0.1, -0.05) is 6.42 Å². The Hall–Kier alpha value is -1.42. The van der Waals surface area contributed by atoms with Gasteiger partial charge < -0.3 is 5.32 Å². The SMILES string of the molecule is O=S(=O)(CCNc1c(F)c(F)nc(F)c1F)NCC1CCC1. The summed E-state index contributed by atoms with van der Waals surface area (Å²) >= 11 is 0. The molecule has 0 saturated heterocycles. The number of nitrogens with one attached hydrogen (secondary N) is 2. The maximum atomic E-state index is 13.3. The van der Waals surface area contributed by atoms with E-state index in [1.807, 2.05) is 5.32 Å². The third-order valence-electron chi connectivity index (χ3n) is 3.49. The van der Waals surface area contributed by atoms with E-state index in [2.05, 4.69) is 9.71 Å². The van der Waals surface area contributed by atoms with Crippen LogP contribution in [0.1, 0.15) is 19.3 Å². The zero-order chi connectivity index (χ0) is 16.3. The lowest BCUT2D eigenvalue weighted by atomic mass is 9.86. The summed E-state index contributed by atoms with van der Waals surface area (Å²) in [5.41, 5.74) is -1.07. The number of hydrogen-bond donors (Lipinski definition) is 2. The molecule has 1 fully saturated rings. The van der Waals surface area contributed by atoms with Gasteiger partial charge in [-0.25, -0.2) is 13.1 Å². The molecule has 2 rings (SSSR count). The first-order valence-corrected chi connectivity index (χ1v) is 8.36. The third kappa shape index (κ3) is 4.07. The molecule has 0 bridgehead atoms. The number of nitrogens with zero attached hydrogens (tertiary/aromatic N) is 1. The average Bonchev–Trinajstić information content (AvgIpc) is 2.38. The first-order chi connectivity index (χ1) is 10.3. The van der Waals surface area contributed by atoms with Crippen LogP contribution < -0.4 is 10.0 Å². The second kappa shape index (κ2) is 6.78. The molecule has 0 spiro atoms. The van der Waals surface area contributed by atoms with Gasteiger partial charge in [-0.2, -0.15) is 22.5 Å². The fraction of sp³-hybridized carbons (Fsp3) is 0.583. The van der Waals surface area contributed by atoms with Gasteiger partial charge in [-0.3, -0.25) is 0 Å². The predicted molar refractivity (Wildman–Crippen MR) is 71.7 cm³/mol. The summed E-state index contributed by atoms with van der Waals surface area (Å²) in [4.78, 5) is 2.40. The lowest BCUT2D eigenvalue weighted by Gasteiger charge is -2.25. The van der Waals surface area contributed by atoms with Crippen LogP contribution in [-0.2, 0) is 10.0 Å². The van der Waals surface area contributed by atoms with Crippen molar-refractivity contribution in [2.75, 3.05) is 24.2 Å². The molecule has 0 amide bonds. The molecule has 124 valence electrons. The minimum absolute atomic E-state index is 0.320. The van der Waals surface area contributed by atoms with Crippen molar-refractivity contribution in [3.05, 3.63) is 23.5 Å². The number of pyridine rings is 1. The predicted octanol–water partition coefficient (Wildman–Crippen LogP) is 1.77. The molecular weight excluding hydrogens is 326 g/mol. The zero-order valence-electron chi connectivity index (χ0n) is 11.5. The Balaban J connectivity index is 1.90. The van der Waals surface area contributed by atoms with Crippen molar-refractivity contribution in [3.8, 4) is 0 Å². The maximum absolute atomic E-state index is 13.3. The molecule has 2 N–H and O–H groups in total. The molecule has 0 unspecified atom stereocenters. The minimum Gasteiger partial charge on any atom is -0.379 e. The molecule has 22 heavy (non-hydrogen) atoms. The molecule has 1 aliphatic carbocycles. The molecule has 1 aromatic rings. The summed E-state index contributed by atoms with van der Waals surface area (Å²) in [6, 6.07) is 0. The van der Waals surface area contributed by atoms with Gasteiger partial charge >= 0.3 is 0 Å². The first kappa shape index (κ1) is 16.9. The first-order valence-electron chi connectivity index (χ1n) is 6.71. The summed E-state index contributed by atoms with van der Waals surface area (Å²) in [7, 11) is -3.63. The Morgan fingerprint density at radius 1 is 1.09 bits per heavy atom. The molecule has 10 heteroatoms. The minimum atomic E-state index is -3.63. The van der Waals surface area contributed by atoms with Crippen molar-refractivity contribution < 1.29 is 26.0 Å². The number of halogens is 4. The van der Waals surface area contributed by atoms with E-state index >= 15 is 0 Å². The monoisotopic (exact) mass is 341 g/mol. The third-order valence-corrected chi connectivity index (χ3v) is 4.83. The summed E-state index contributed by atoms with van der Waals surface area (Å²) < 4.78 is 78.1. The normalized spacial score (nSPS) is 15.6. The van der Waals surface area contributed by atoms with Crippen LogP contribution in [0.3, 0.4) is 0 Å². The molecule has 1 aromatic heterocycles. The molecule has 0 atom stereocenters. The highest BCUT2D eigenvalue weighted by molar-refractivity contribution is 7.89. The Kier molecular flexibility index (Phi) is 5.22. The van der Waals surface area contributed by atoms with Gasteiger partial charge in [0.2, 0.25) is 21.7 Å². The van der Waals surface area contributed by atoms with E-state index in [0.29, 0.717) is 12.5 Å². The summed E-state index contributed by atoms with van der Waals surface area (Å²) in [5, 5.41) is 2.05. The van der Waals surface area contributed by atoms with Crippen LogP contribution in [0.2, 0.25) is 0 Å². The standard InChI is InChI=1S/C12H15F4N3O2S/c13-8-10(9(14)12(16)19-11(8)15)17-4-5-22(20,21)18-6-7-2-1-3-7/h7,18H,1-6H2,(H,17,19). The Morgan fingerprint density at radius 2 is 1.68 bits per heavy atom. The van der Waals surface area contributed by atoms with Gasteiger partial charge in [-0.05, 0) is 18.8 Å². The van der Waals surface area contributed by atoms with Crippen LogP contribution in [0.15, 0.2) is 0 Å². The molecule has 0 aromatic carbocycles. The van der Waals surface area contributed by atoms with Crippen LogP contribution in [0, 0.1) is 29.4 Å². The molecular formula is C12H15F4N3O2S. The Labute approximate surface area is 125 Å². The highest BCUT2D eigenvalue weighted by Crippen LogP contribution is 2.25. The highest BCUT2D eigenvalue weighted by atomic mass is 32.2. The van der Waals surface area contributed by atoms with E-state index in [1.54, 1.807) is 0 Å². The second-order valence-corrected chi connectivity index (χ2v) is 7.01. The molecule has 5 nitrogen and oxygen atoms in total. The fourth-order valence-electron chi connectivity index (χ4n) is 1.97. The number of hydrogen-bond acceptors (Lipinski definition) is 4. The maximum Gasteiger partial charge on any atom is 0.253 e. The fourth-order valence-corrected chi connectivity index (χ4v) is 2.97. The van der Waals surface area contributed by atoms with Crippen LogP contribution >= 0.6 is 0 Å². The van der Waals surface area contributed by atoms with Crippen molar-refractivity contribution in [1.29, 1.82) is 0 Å². The van der Waals surface area contributed by atoms with Crippen molar-refractivity contribution in [2.24, 2.45) is 5.92 Å². The van der Waals surface area contributed by atoms with E-state index in [0.717, 1.165) is 19.3 Å². The number of anilines is 1. The van der Waals surface area contributed by atoms with Crippen LogP contribution in [0.4, 0.5) is 23.2 Å². The van der Waals surface area contributed by atoms with E-state index < -0.39 is 51.5 Å². The van der Waals surface area contributed by atoms with Gasteiger partial charge in [-0.15, -0.1) is 0 Å². The largest absolute Gasteiger partial charge is 0.379 e. The average molecular weight is 341 g/mol. The summed E-state index contributed by atoms with van der Waals surface area (Å²) in [6.07, 6.45) is 3.01. The van der Waals surface area contributed by atoms with Crippen LogP contribution in [0.25, 0.3) is 0 Å².